The second kappa shape index (κ2) is 9.00. The summed E-state index contributed by atoms with van der Waals surface area (Å²) in [5, 5.41) is 3.03. The minimum absolute atomic E-state index is 0.0141. The molecular weight excluding hydrogens is 300 g/mol. The Morgan fingerprint density at radius 1 is 1.25 bits per heavy atom. The first-order valence-electron chi connectivity index (χ1n) is 8.89. The van der Waals surface area contributed by atoms with Crippen molar-refractivity contribution < 1.29 is 9.53 Å². The minimum atomic E-state index is 0.0141. The van der Waals surface area contributed by atoms with Gasteiger partial charge in [-0.15, -0.1) is 0 Å². The summed E-state index contributed by atoms with van der Waals surface area (Å²) in [7, 11) is 0. The Bertz CT molecular complexity index is 573. The number of allylic oxidation sites excluding steroid dienone is 1. The standard InChI is InChI=1S/C20H30N2O2/c1-5-8-15(2)20(23)21-11-18-9-6-7-10-19(18)14-22-12-16(3)24-17(4)13-22/h6-10,16-17H,5,11-14H2,1-4H3,(H,21,23). The molecule has 0 bridgehead atoms. The van der Waals surface area contributed by atoms with Gasteiger partial charge in [-0.1, -0.05) is 37.3 Å². The van der Waals surface area contributed by atoms with Crippen molar-refractivity contribution in [3.63, 3.8) is 0 Å². The Kier molecular flexibility index (Phi) is 7.00. The second-order valence-corrected chi connectivity index (χ2v) is 6.70. The highest BCUT2D eigenvalue weighted by atomic mass is 16.5. The molecule has 4 nitrogen and oxygen atoms in total. The molecule has 0 aliphatic carbocycles. The van der Waals surface area contributed by atoms with Crippen molar-refractivity contribution in [3.05, 3.63) is 47.0 Å². The number of nitrogens with one attached hydrogen (secondary N) is 1. The molecule has 1 aliphatic rings. The summed E-state index contributed by atoms with van der Waals surface area (Å²) in [6.45, 7) is 11.5. The van der Waals surface area contributed by atoms with Gasteiger partial charge in [0.05, 0.1) is 12.2 Å². The fourth-order valence-corrected chi connectivity index (χ4v) is 3.25. The summed E-state index contributed by atoms with van der Waals surface area (Å²) in [6, 6.07) is 8.35. The SMILES string of the molecule is CCC=C(C)C(=O)NCc1ccccc1CN1CC(C)OC(C)C1. The van der Waals surface area contributed by atoms with Crippen LogP contribution in [0.15, 0.2) is 35.9 Å². The first-order chi connectivity index (χ1) is 11.5. The average Bonchev–Trinajstić information content (AvgIpc) is 2.53. The number of nitrogens with zero attached hydrogens (tertiary/aromatic N) is 1. The van der Waals surface area contributed by atoms with Gasteiger partial charge in [0.1, 0.15) is 0 Å². The number of benzene rings is 1. The molecule has 1 aromatic carbocycles. The molecule has 1 aliphatic heterocycles. The number of ether oxygens (including phenoxy) is 1. The zero-order valence-electron chi connectivity index (χ0n) is 15.3. The number of hydrogen-bond acceptors (Lipinski definition) is 3. The number of hydrogen-bond donors (Lipinski definition) is 1. The molecule has 0 saturated carbocycles. The number of carbonyl (C=O) groups excluding carboxylic acids is 1. The van der Waals surface area contributed by atoms with Crippen LogP contribution in [0.5, 0.6) is 0 Å². The number of amides is 1. The van der Waals surface area contributed by atoms with Crippen LogP contribution < -0.4 is 5.32 Å². The maximum Gasteiger partial charge on any atom is 0.246 e. The van der Waals surface area contributed by atoms with Crippen LogP contribution in [0.1, 0.15) is 45.2 Å². The lowest BCUT2D eigenvalue weighted by Crippen LogP contribution is -2.45. The van der Waals surface area contributed by atoms with Crippen LogP contribution in [0.4, 0.5) is 0 Å². The third-order valence-corrected chi connectivity index (χ3v) is 4.32. The highest BCUT2D eigenvalue weighted by Crippen LogP contribution is 2.17. The molecule has 1 fully saturated rings. The summed E-state index contributed by atoms with van der Waals surface area (Å²) in [4.78, 5) is 14.5. The van der Waals surface area contributed by atoms with Crippen LogP contribution in [-0.4, -0.2) is 36.1 Å². The first kappa shape index (κ1) is 18.7. The first-order valence-corrected chi connectivity index (χ1v) is 8.89. The van der Waals surface area contributed by atoms with Gasteiger partial charge in [-0.3, -0.25) is 9.69 Å². The molecule has 132 valence electrons. The van der Waals surface area contributed by atoms with Gasteiger partial charge in [-0.2, -0.15) is 0 Å². The van der Waals surface area contributed by atoms with E-state index in [1.165, 1.54) is 11.1 Å². The molecule has 0 spiro atoms. The van der Waals surface area contributed by atoms with Gasteiger partial charge < -0.3 is 10.1 Å². The molecule has 4 heteroatoms. The van der Waals surface area contributed by atoms with Crippen molar-refractivity contribution in [1.82, 2.24) is 10.2 Å². The van der Waals surface area contributed by atoms with Crippen molar-refractivity contribution in [3.8, 4) is 0 Å². The number of rotatable bonds is 6. The van der Waals surface area contributed by atoms with E-state index < -0.39 is 0 Å². The molecule has 24 heavy (non-hydrogen) atoms. The molecule has 2 rings (SSSR count). The van der Waals surface area contributed by atoms with E-state index in [2.05, 4.69) is 42.3 Å². The molecular formula is C20H30N2O2. The zero-order chi connectivity index (χ0) is 17.5. The second-order valence-electron chi connectivity index (χ2n) is 6.70. The Labute approximate surface area is 145 Å². The third-order valence-electron chi connectivity index (χ3n) is 4.32. The van der Waals surface area contributed by atoms with E-state index in [4.69, 9.17) is 4.74 Å². The van der Waals surface area contributed by atoms with Gasteiger partial charge in [0, 0.05) is 31.8 Å². The van der Waals surface area contributed by atoms with Crippen molar-refractivity contribution >= 4 is 5.91 Å². The van der Waals surface area contributed by atoms with E-state index in [0.717, 1.165) is 31.6 Å². The molecule has 0 radical (unpaired) electrons. The summed E-state index contributed by atoms with van der Waals surface area (Å²) in [6.07, 6.45) is 3.37. The van der Waals surface area contributed by atoms with E-state index >= 15 is 0 Å². The van der Waals surface area contributed by atoms with Gasteiger partial charge in [-0.25, -0.2) is 0 Å². The normalized spacial score (nSPS) is 22.4. The lowest BCUT2D eigenvalue weighted by Gasteiger charge is -2.35. The lowest BCUT2D eigenvalue weighted by atomic mass is 10.1. The maximum atomic E-state index is 12.1. The predicted molar refractivity (Wildman–Crippen MR) is 97.6 cm³/mol. The molecule has 1 aromatic rings. The predicted octanol–water partition coefficient (Wildman–Crippen LogP) is 3.27. The molecule has 2 unspecified atom stereocenters. The third kappa shape index (κ3) is 5.46. The highest BCUT2D eigenvalue weighted by molar-refractivity contribution is 5.92. The molecule has 1 heterocycles. The minimum Gasteiger partial charge on any atom is -0.373 e. The van der Waals surface area contributed by atoms with Crippen LogP contribution in [0.3, 0.4) is 0 Å². The molecule has 1 saturated heterocycles. The van der Waals surface area contributed by atoms with Crippen molar-refractivity contribution in [2.45, 2.75) is 59.4 Å². The Morgan fingerprint density at radius 3 is 2.50 bits per heavy atom. The van der Waals surface area contributed by atoms with Gasteiger partial charge in [0.25, 0.3) is 0 Å². The Balaban J connectivity index is 1.99. The van der Waals surface area contributed by atoms with Gasteiger partial charge in [-0.05, 0) is 38.3 Å². The highest BCUT2D eigenvalue weighted by Gasteiger charge is 2.22. The van der Waals surface area contributed by atoms with Gasteiger partial charge >= 0.3 is 0 Å². The lowest BCUT2D eigenvalue weighted by molar-refractivity contribution is -0.117. The van der Waals surface area contributed by atoms with Crippen LogP contribution in [0.2, 0.25) is 0 Å². The fourth-order valence-electron chi connectivity index (χ4n) is 3.25. The number of carbonyl (C=O) groups is 1. The maximum absolute atomic E-state index is 12.1. The van der Waals surface area contributed by atoms with Crippen LogP contribution in [-0.2, 0) is 22.6 Å². The monoisotopic (exact) mass is 330 g/mol. The molecule has 1 N–H and O–H groups in total. The van der Waals surface area contributed by atoms with E-state index in [1.54, 1.807) is 0 Å². The van der Waals surface area contributed by atoms with E-state index in [1.807, 2.05) is 26.0 Å². The molecule has 1 amide bonds. The van der Waals surface area contributed by atoms with Crippen LogP contribution in [0, 0.1) is 0 Å². The summed E-state index contributed by atoms with van der Waals surface area (Å²) < 4.78 is 5.81. The largest absolute Gasteiger partial charge is 0.373 e. The van der Waals surface area contributed by atoms with E-state index in [9.17, 15) is 4.79 Å². The van der Waals surface area contributed by atoms with Crippen LogP contribution >= 0.6 is 0 Å². The van der Waals surface area contributed by atoms with E-state index in [-0.39, 0.29) is 18.1 Å². The van der Waals surface area contributed by atoms with Crippen molar-refractivity contribution in [2.24, 2.45) is 0 Å². The number of morpholine rings is 1. The Morgan fingerprint density at radius 2 is 1.88 bits per heavy atom. The molecule has 2 atom stereocenters. The fraction of sp³-hybridized carbons (Fsp3) is 0.550. The van der Waals surface area contributed by atoms with Crippen molar-refractivity contribution in [2.75, 3.05) is 13.1 Å². The van der Waals surface area contributed by atoms with Crippen LogP contribution in [0.25, 0.3) is 0 Å². The quantitative estimate of drug-likeness (QED) is 0.814. The van der Waals surface area contributed by atoms with Gasteiger partial charge in [0.15, 0.2) is 0 Å². The summed E-state index contributed by atoms with van der Waals surface area (Å²) in [5.74, 6) is 0.0141. The summed E-state index contributed by atoms with van der Waals surface area (Å²) >= 11 is 0. The molecule has 0 aromatic heterocycles. The van der Waals surface area contributed by atoms with Crippen molar-refractivity contribution in [1.29, 1.82) is 0 Å². The zero-order valence-corrected chi connectivity index (χ0v) is 15.3. The topological polar surface area (TPSA) is 41.6 Å². The van der Waals surface area contributed by atoms with E-state index in [0.29, 0.717) is 6.54 Å². The Hall–Kier alpha value is -1.65. The average molecular weight is 330 g/mol. The smallest absolute Gasteiger partial charge is 0.246 e. The summed E-state index contributed by atoms with van der Waals surface area (Å²) in [5.41, 5.74) is 3.24. The van der Waals surface area contributed by atoms with Gasteiger partial charge in [0.2, 0.25) is 5.91 Å².